The highest BCUT2D eigenvalue weighted by molar-refractivity contribution is 5.89. The number of primary amides is 1. The highest BCUT2D eigenvalue weighted by atomic mass is 16.5. The SMILES string of the molecule is COC(=O)c1ccc(C(O)C(O)C(N)=O)c(C)c1. The van der Waals surface area contributed by atoms with Gasteiger partial charge < -0.3 is 20.7 Å². The van der Waals surface area contributed by atoms with Crippen LogP contribution in [0.1, 0.15) is 27.6 Å². The van der Waals surface area contributed by atoms with Crippen molar-refractivity contribution in [3.05, 3.63) is 34.9 Å². The topological polar surface area (TPSA) is 110 Å². The van der Waals surface area contributed by atoms with Gasteiger partial charge in [0.25, 0.3) is 0 Å². The maximum absolute atomic E-state index is 11.3. The van der Waals surface area contributed by atoms with Gasteiger partial charge in [-0.25, -0.2) is 4.79 Å². The fraction of sp³-hybridized carbons (Fsp3) is 0.333. The fourth-order valence-electron chi connectivity index (χ4n) is 1.58. The zero-order chi connectivity index (χ0) is 13.9. The van der Waals surface area contributed by atoms with Gasteiger partial charge in [0.15, 0.2) is 6.10 Å². The minimum absolute atomic E-state index is 0.319. The Morgan fingerprint density at radius 2 is 1.94 bits per heavy atom. The summed E-state index contributed by atoms with van der Waals surface area (Å²) in [4.78, 5) is 22.1. The van der Waals surface area contributed by atoms with Crippen LogP contribution in [-0.4, -0.2) is 35.3 Å². The number of benzene rings is 1. The number of ether oxygens (including phenoxy) is 1. The van der Waals surface area contributed by atoms with Crippen molar-refractivity contribution in [3.63, 3.8) is 0 Å². The molecule has 1 amide bonds. The molecule has 1 aromatic carbocycles. The molecular formula is C12H15NO5. The second kappa shape index (κ2) is 5.61. The van der Waals surface area contributed by atoms with E-state index in [1.165, 1.54) is 25.3 Å². The first-order valence-electron chi connectivity index (χ1n) is 5.22. The van der Waals surface area contributed by atoms with Gasteiger partial charge in [-0.05, 0) is 30.2 Å². The molecule has 4 N–H and O–H groups in total. The molecule has 0 heterocycles. The Labute approximate surface area is 104 Å². The second-order valence-corrected chi connectivity index (χ2v) is 3.85. The first-order valence-corrected chi connectivity index (χ1v) is 5.22. The lowest BCUT2D eigenvalue weighted by atomic mass is 9.97. The number of amides is 1. The number of nitrogens with two attached hydrogens (primary N) is 1. The third-order valence-corrected chi connectivity index (χ3v) is 2.60. The van der Waals surface area contributed by atoms with Crippen LogP contribution < -0.4 is 5.73 Å². The lowest BCUT2D eigenvalue weighted by Gasteiger charge is -2.17. The standard InChI is InChI=1S/C12H15NO5/c1-6-5-7(12(17)18-2)3-4-8(6)9(14)10(15)11(13)16/h3-5,9-10,14-15H,1-2H3,(H2,13,16). The quantitative estimate of drug-likeness (QED) is 0.636. The molecule has 0 aliphatic heterocycles. The van der Waals surface area contributed by atoms with Gasteiger partial charge in [0.1, 0.15) is 6.10 Å². The molecule has 0 saturated heterocycles. The highest BCUT2D eigenvalue weighted by Gasteiger charge is 2.25. The summed E-state index contributed by atoms with van der Waals surface area (Å²) in [6.45, 7) is 1.64. The van der Waals surface area contributed by atoms with Gasteiger partial charge >= 0.3 is 5.97 Å². The van der Waals surface area contributed by atoms with Crippen molar-refractivity contribution in [2.75, 3.05) is 7.11 Å². The lowest BCUT2D eigenvalue weighted by Crippen LogP contribution is -2.34. The fourth-order valence-corrected chi connectivity index (χ4v) is 1.58. The van der Waals surface area contributed by atoms with E-state index in [4.69, 9.17) is 5.73 Å². The van der Waals surface area contributed by atoms with Crippen molar-refractivity contribution in [1.82, 2.24) is 0 Å². The maximum atomic E-state index is 11.3. The van der Waals surface area contributed by atoms with Crippen molar-refractivity contribution < 1.29 is 24.5 Å². The number of methoxy groups -OCH3 is 1. The normalized spacial score (nSPS) is 13.8. The first-order chi connectivity index (χ1) is 8.38. The Bertz CT molecular complexity index is 472. The van der Waals surface area contributed by atoms with E-state index in [0.29, 0.717) is 16.7 Å². The first kappa shape index (κ1) is 14.1. The van der Waals surface area contributed by atoms with Gasteiger partial charge in [-0.1, -0.05) is 6.07 Å². The van der Waals surface area contributed by atoms with E-state index < -0.39 is 24.1 Å². The Balaban J connectivity index is 3.06. The monoisotopic (exact) mass is 253 g/mol. The van der Waals surface area contributed by atoms with Gasteiger partial charge in [-0.3, -0.25) is 4.79 Å². The van der Waals surface area contributed by atoms with Gasteiger partial charge in [-0.2, -0.15) is 0 Å². The number of hydrogen-bond acceptors (Lipinski definition) is 5. The zero-order valence-electron chi connectivity index (χ0n) is 10.1. The zero-order valence-corrected chi connectivity index (χ0v) is 10.1. The van der Waals surface area contributed by atoms with E-state index in [1.54, 1.807) is 6.92 Å². The van der Waals surface area contributed by atoms with Crippen LogP contribution in [0.3, 0.4) is 0 Å². The molecule has 18 heavy (non-hydrogen) atoms. The summed E-state index contributed by atoms with van der Waals surface area (Å²) < 4.78 is 4.55. The molecule has 0 bridgehead atoms. The van der Waals surface area contributed by atoms with Crippen molar-refractivity contribution in [3.8, 4) is 0 Å². The van der Waals surface area contributed by atoms with Crippen molar-refractivity contribution in [2.45, 2.75) is 19.1 Å². The third-order valence-electron chi connectivity index (χ3n) is 2.60. The Morgan fingerprint density at radius 1 is 1.33 bits per heavy atom. The van der Waals surface area contributed by atoms with Gasteiger partial charge in [-0.15, -0.1) is 0 Å². The highest BCUT2D eigenvalue weighted by Crippen LogP contribution is 2.22. The van der Waals surface area contributed by atoms with Crippen molar-refractivity contribution in [2.24, 2.45) is 5.73 Å². The van der Waals surface area contributed by atoms with Crippen LogP contribution in [0, 0.1) is 6.92 Å². The largest absolute Gasteiger partial charge is 0.465 e. The van der Waals surface area contributed by atoms with Crippen LogP contribution in [0.15, 0.2) is 18.2 Å². The second-order valence-electron chi connectivity index (χ2n) is 3.85. The molecule has 6 heteroatoms. The average molecular weight is 253 g/mol. The van der Waals surface area contributed by atoms with Crippen LogP contribution >= 0.6 is 0 Å². The number of hydrogen-bond donors (Lipinski definition) is 3. The van der Waals surface area contributed by atoms with Gasteiger partial charge in [0.2, 0.25) is 5.91 Å². The minimum atomic E-state index is -1.69. The molecule has 1 rings (SSSR count). The number of aliphatic hydroxyl groups excluding tert-OH is 2. The molecule has 0 saturated carbocycles. The molecule has 0 fully saturated rings. The van der Waals surface area contributed by atoms with Crippen molar-refractivity contribution in [1.29, 1.82) is 0 Å². The molecule has 2 atom stereocenters. The molecule has 0 spiro atoms. The van der Waals surface area contributed by atoms with E-state index in [9.17, 15) is 19.8 Å². The van der Waals surface area contributed by atoms with Crippen LogP contribution in [0.25, 0.3) is 0 Å². The maximum Gasteiger partial charge on any atom is 0.337 e. The van der Waals surface area contributed by atoms with E-state index in [1.807, 2.05) is 0 Å². The summed E-state index contributed by atoms with van der Waals surface area (Å²) >= 11 is 0. The summed E-state index contributed by atoms with van der Waals surface area (Å²) in [5, 5.41) is 19.1. The number of aryl methyl sites for hydroxylation is 1. The molecule has 0 aliphatic carbocycles. The average Bonchev–Trinajstić information content (AvgIpc) is 2.35. The summed E-state index contributed by atoms with van der Waals surface area (Å²) in [6.07, 6.45) is -3.11. The molecule has 98 valence electrons. The van der Waals surface area contributed by atoms with E-state index in [-0.39, 0.29) is 0 Å². The van der Waals surface area contributed by atoms with Gasteiger partial charge in [0.05, 0.1) is 12.7 Å². The van der Waals surface area contributed by atoms with Crippen LogP contribution in [-0.2, 0) is 9.53 Å². The van der Waals surface area contributed by atoms with Gasteiger partial charge in [0, 0.05) is 0 Å². The third kappa shape index (κ3) is 2.85. The molecule has 0 radical (unpaired) electrons. The number of aliphatic hydroxyl groups is 2. The number of rotatable bonds is 4. The van der Waals surface area contributed by atoms with E-state index in [0.717, 1.165) is 0 Å². The molecule has 1 aromatic rings. The van der Waals surface area contributed by atoms with E-state index >= 15 is 0 Å². The van der Waals surface area contributed by atoms with Crippen molar-refractivity contribution >= 4 is 11.9 Å². The summed E-state index contributed by atoms with van der Waals surface area (Å²) in [5.41, 5.74) is 6.09. The van der Waals surface area contributed by atoms with Crippen LogP contribution in [0.2, 0.25) is 0 Å². The number of carbonyl (C=O) groups excluding carboxylic acids is 2. The minimum Gasteiger partial charge on any atom is -0.465 e. The molecule has 6 nitrogen and oxygen atoms in total. The summed E-state index contributed by atoms with van der Waals surface area (Å²) in [5.74, 6) is -1.52. The Kier molecular flexibility index (Phi) is 4.41. The smallest absolute Gasteiger partial charge is 0.337 e. The predicted octanol–water partition coefficient (Wildman–Crippen LogP) is -0.339. The summed E-state index contributed by atoms with van der Waals surface area (Å²) in [6, 6.07) is 4.38. The lowest BCUT2D eigenvalue weighted by molar-refractivity contribution is -0.132. The van der Waals surface area contributed by atoms with Crippen LogP contribution in [0.4, 0.5) is 0 Å². The van der Waals surface area contributed by atoms with Crippen LogP contribution in [0.5, 0.6) is 0 Å². The number of carbonyl (C=O) groups is 2. The van der Waals surface area contributed by atoms with E-state index in [2.05, 4.69) is 4.74 Å². The Hall–Kier alpha value is -1.92. The number of esters is 1. The molecule has 0 aromatic heterocycles. The molecule has 0 aliphatic rings. The Morgan fingerprint density at radius 3 is 2.39 bits per heavy atom. The molecule has 2 unspecified atom stereocenters. The summed E-state index contributed by atoms with van der Waals surface area (Å²) in [7, 11) is 1.26. The molecular weight excluding hydrogens is 238 g/mol. The predicted molar refractivity (Wildman–Crippen MR) is 62.7 cm³/mol.